The molecule has 172 valence electrons. The van der Waals surface area contributed by atoms with Crippen LogP contribution in [0.4, 0.5) is 24.7 Å². The number of ether oxygens (including phenoxy) is 3. The van der Waals surface area contributed by atoms with Crippen LogP contribution < -0.4 is 19.5 Å². The van der Waals surface area contributed by atoms with Crippen molar-refractivity contribution in [3.63, 3.8) is 0 Å². The Morgan fingerprint density at radius 2 is 1.69 bits per heavy atom. The van der Waals surface area contributed by atoms with E-state index in [4.69, 9.17) is 14.2 Å². The Balaban J connectivity index is 2.11. The van der Waals surface area contributed by atoms with E-state index >= 15 is 0 Å². The number of hydrogen-bond donors (Lipinski definition) is 1. The first kappa shape index (κ1) is 23.4. The zero-order valence-corrected chi connectivity index (χ0v) is 18.2. The summed E-state index contributed by atoms with van der Waals surface area (Å²) in [6.45, 7) is -0.0782. The molecule has 1 N–H and O–H groups in total. The van der Waals surface area contributed by atoms with E-state index < -0.39 is 22.6 Å². The summed E-state index contributed by atoms with van der Waals surface area (Å²) >= 11 is 0. The minimum Gasteiger partial charge on any atom is -0.493 e. The molecule has 3 rings (SSSR count). The molecule has 3 aromatic rings. The summed E-state index contributed by atoms with van der Waals surface area (Å²) in [6, 6.07) is 6.78. The fraction of sp³-hybridized carbons (Fsp3) is 0.300. The fourth-order valence-electron chi connectivity index (χ4n) is 2.86. The summed E-state index contributed by atoms with van der Waals surface area (Å²) in [4.78, 5) is 8.25. The molecule has 0 aliphatic carbocycles. The maximum atomic E-state index is 12.7. The minimum atomic E-state index is -4.57. The molecule has 1 aromatic heterocycles. The van der Waals surface area contributed by atoms with Gasteiger partial charge in [-0.2, -0.15) is 13.2 Å². The molecule has 12 heteroatoms. The minimum absolute atomic E-state index is 0.00133. The molecule has 0 unspecified atom stereocenters. The molecule has 2 aromatic carbocycles. The molecule has 0 radical (unpaired) electrons. The van der Waals surface area contributed by atoms with Crippen LogP contribution in [-0.4, -0.2) is 51.1 Å². The number of fused-ring (bicyclic) bond motifs is 1. The predicted molar refractivity (Wildman–Crippen MR) is 112 cm³/mol. The Labute approximate surface area is 182 Å². The Morgan fingerprint density at radius 3 is 2.31 bits per heavy atom. The number of rotatable bonds is 8. The Bertz CT molecular complexity index is 1230. The lowest BCUT2D eigenvalue weighted by atomic mass is 10.2. The van der Waals surface area contributed by atoms with E-state index in [0.717, 1.165) is 0 Å². The molecule has 0 amide bonds. The van der Waals surface area contributed by atoms with Crippen molar-refractivity contribution in [2.45, 2.75) is 18.0 Å². The van der Waals surface area contributed by atoms with Gasteiger partial charge < -0.3 is 19.5 Å². The Hall–Kier alpha value is -3.28. The highest BCUT2D eigenvalue weighted by atomic mass is 32.2. The third-order valence-electron chi connectivity index (χ3n) is 4.48. The lowest BCUT2D eigenvalue weighted by Crippen LogP contribution is -2.19. The SMILES string of the molecule is CCS(=O)(=O)c1ccc(OCC(F)(F)F)c(Nc2ncnc3cc(OC)c(OC)cc23)c1. The second kappa shape index (κ2) is 9.07. The Morgan fingerprint density at radius 1 is 1.00 bits per heavy atom. The van der Waals surface area contributed by atoms with Crippen LogP contribution in [0.25, 0.3) is 10.9 Å². The molecule has 0 bridgehead atoms. The van der Waals surface area contributed by atoms with Crippen molar-refractivity contribution in [3.05, 3.63) is 36.7 Å². The van der Waals surface area contributed by atoms with Gasteiger partial charge in [0.1, 0.15) is 17.9 Å². The van der Waals surface area contributed by atoms with Crippen LogP contribution in [0.5, 0.6) is 17.2 Å². The standard InChI is InChI=1S/C20H20F3N3O5S/c1-4-32(27,28)12-5-6-16(31-10-20(21,22)23)15(7-12)26-19-13-8-17(29-2)18(30-3)9-14(13)24-11-25-19/h5-9,11H,4,10H2,1-3H3,(H,24,25,26). The third-order valence-corrected chi connectivity index (χ3v) is 6.21. The molecule has 1 heterocycles. The normalized spacial score (nSPS) is 11.9. The number of anilines is 2. The van der Waals surface area contributed by atoms with Gasteiger partial charge in [0.2, 0.25) is 0 Å². The monoisotopic (exact) mass is 471 g/mol. The molecule has 0 saturated heterocycles. The average molecular weight is 471 g/mol. The smallest absolute Gasteiger partial charge is 0.422 e. The van der Waals surface area contributed by atoms with E-state index in [0.29, 0.717) is 22.4 Å². The number of sulfone groups is 1. The highest BCUT2D eigenvalue weighted by Crippen LogP contribution is 2.37. The predicted octanol–water partition coefficient (Wildman–Crippen LogP) is 4.13. The van der Waals surface area contributed by atoms with Crippen LogP contribution in [0.15, 0.2) is 41.6 Å². The zero-order valence-electron chi connectivity index (χ0n) is 17.4. The van der Waals surface area contributed by atoms with E-state index in [1.54, 1.807) is 12.1 Å². The molecular formula is C20H20F3N3O5S. The van der Waals surface area contributed by atoms with E-state index in [1.807, 2.05) is 0 Å². The molecule has 32 heavy (non-hydrogen) atoms. The van der Waals surface area contributed by atoms with Crippen LogP contribution in [0.3, 0.4) is 0 Å². The summed E-state index contributed by atoms with van der Waals surface area (Å²) in [5, 5.41) is 3.34. The number of nitrogens with one attached hydrogen (secondary N) is 1. The number of nitrogens with zero attached hydrogens (tertiary/aromatic N) is 2. The van der Waals surface area contributed by atoms with Gasteiger partial charge in [-0.05, 0) is 24.3 Å². The van der Waals surface area contributed by atoms with Crippen LogP contribution in [0.2, 0.25) is 0 Å². The first-order chi connectivity index (χ1) is 15.1. The highest BCUT2D eigenvalue weighted by molar-refractivity contribution is 7.91. The zero-order chi connectivity index (χ0) is 23.5. The van der Waals surface area contributed by atoms with Crippen molar-refractivity contribution in [2.75, 3.05) is 31.9 Å². The van der Waals surface area contributed by atoms with Gasteiger partial charge in [-0.15, -0.1) is 0 Å². The molecule has 0 fully saturated rings. The summed E-state index contributed by atoms with van der Waals surface area (Å²) in [5.41, 5.74) is 0.466. The lowest BCUT2D eigenvalue weighted by Gasteiger charge is -2.17. The molecule has 0 aliphatic rings. The summed E-state index contributed by atoms with van der Waals surface area (Å²) in [5.74, 6) is 0.648. The molecule has 0 saturated carbocycles. The van der Waals surface area contributed by atoms with Crippen molar-refractivity contribution in [1.82, 2.24) is 9.97 Å². The van der Waals surface area contributed by atoms with E-state index in [1.165, 1.54) is 45.7 Å². The second-order valence-corrected chi connectivity index (χ2v) is 8.82. The topological polar surface area (TPSA) is 99.6 Å². The largest absolute Gasteiger partial charge is 0.493 e. The molecule has 0 atom stereocenters. The van der Waals surface area contributed by atoms with Gasteiger partial charge >= 0.3 is 6.18 Å². The van der Waals surface area contributed by atoms with Crippen LogP contribution in [0, 0.1) is 0 Å². The van der Waals surface area contributed by atoms with Gasteiger partial charge in [0, 0.05) is 11.5 Å². The molecule has 0 aliphatic heterocycles. The van der Waals surface area contributed by atoms with Crippen molar-refractivity contribution < 1.29 is 35.8 Å². The maximum absolute atomic E-state index is 12.7. The van der Waals surface area contributed by atoms with Gasteiger partial charge in [-0.1, -0.05) is 6.92 Å². The summed E-state index contributed by atoms with van der Waals surface area (Å²) < 4.78 is 78.1. The quantitative estimate of drug-likeness (QED) is 0.524. The van der Waals surface area contributed by atoms with Gasteiger partial charge in [-0.3, -0.25) is 0 Å². The number of aromatic nitrogens is 2. The number of benzene rings is 2. The Kier molecular flexibility index (Phi) is 6.63. The average Bonchev–Trinajstić information content (AvgIpc) is 2.76. The van der Waals surface area contributed by atoms with Crippen molar-refractivity contribution >= 4 is 32.2 Å². The van der Waals surface area contributed by atoms with Gasteiger partial charge in [0.15, 0.2) is 27.9 Å². The lowest BCUT2D eigenvalue weighted by molar-refractivity contribution is -0.153. The van der Waals surface area contributed by atoms with Gasteiger partial charge in [0.05, 0.1) is 36.1 Å². The van der Waals surface area contributed by atoms with Crippen molar-refractivity contribution in [3.8, 4) is 17.2 Å². The molecule has 0 spiro atoms. The van der Waals surface area contributed by atoms with Crippen LogP contribution in [0.1, 0.15) is 6.92 Å². The molecular weight excluding hydrogens is 451 g/mol. The second-order valence-electron chi connectivity index (χ2n) is 6.54. The summed E-state index contributed by atoms with van der Waals surface area (Å²) in [7, 11) is -0.709. The van der Waals surface area contributed by atoms with Gasteiger partial charge in [0.25, 0.3) is 0 Å². The highest BCUT2D eigenvalue weighted by Gasteiger charge is 2.29. The number of hydrogen-bond acceptors (Lipinski definition) is 8. The fourth-order valence-corrected chi connectivity index (χ4v) is 3.77. The number of methoxy groups -OCH3 is 2. The van der Waals surface area contributed by atoms with E-state index in [-0.39, 0.29) is 27.9 Å². The third kappa shape index (κ3) is 5.13. The maximum Gasteiger partial charge on any atom is 0.422 e. The number of alkyl halides is 3. The van der Waals surface area contributed by atoms with E-state index in [9.17, 15) is 21.6 Å². The number of halogens is 3. The summed E-state index contributed by atoms with van der Waals surface area (Å²) in [6.07, 6.45) is -3.32. The van der Waals surface area contributed by atoms with Crippen LogP contribution in [-0.2, 0) is 9.84 Å². The van der Waals surface area contributed by atoms with Crippen molar-refractivity contribution in [1.29, 1.82) is 0 Å². The van der Waals surface area contributed by atoms with Crippen molar-refractivity contribution in [2.24, 2.45) is 0 Å². The first-order valence-electron chi connectivity index (χ1n) is 9.28. The van der Waals surface area contributed by atoms with E-state index in [2.05, 4.69) is 15.3 Å². The molecule has 8 nitrogen and oxygen atoms in total. The van der Waals surface area contributed by atoms with Crippen LogP contribution >= 0.6 is 0 Å². The van der Waals surface area contributed by atoms with Gasteiger partial charge in [-0.25, -0.2) is 18.4 Å². The first-order valence-corrected chi connectivity index (χ1v) is 10.9.